The van der Waals surface area contributed by atoms with Crippen LogP contribution in [-0.4, -0.2) is 31.3 Å². The number of halogens is 1. The van der Waals surface area contributed by atoms with Gasteiger partial charge in [-0.2, -0.15) is 0 Å². The SMILES string of the molecule is CC.CCOC(=O)C(=O)C1CCc2cc(OC)c(Br)cc2C1=O. The molecular formula is C17H21BrO5. The number of aryl methyl sites for hydroxylation is 1. The van der Waals surface area contributed by atoms with Crippen LogP contribution in [0.4, 0.5) is 0 Å². The van der Waals surface area contributed by atoms with Crippen molar-refractivity contribution in [2.75, 3.05) is 13.7 Å². The van der Waals surface area contributed by atoms with Gasteiger partial charge in [0, 0.05) is 5.56 Å². The molecule has 0 bridgehead atoms. The predicted molar refractivity (Wildman–Crippen MR) is 89.8 cm³/mol. The van der Waals surface area contributed by atoms with Gasteiger partial charge in [0.1, 0.15) is 5.75 Å². The first-order chi connectivity index (χ1) is 11.0. The van der Waals surface area contributed by atoms with Crippen LogP contribution >= 0.6 is 15.9 Å². The molecule has 0 aliphatic heterocycles. The van der Waals surface area contributed by atoms with E-state index in [0.717, 1.165) is 5.56 Å². The van der Waals surface area contributed by atoms with E-state index in [1.54, 1.807) is 26.2 Å². The van der Waals surface area contributed by atoms with Crippen molar-refractivity contribution in [1.82, 2.24) is 0 Å². The van der Waals surface area contributed by atoms with Gasteiger partial charge in [0.2, 0.25) is 0 Å². The number of esters is 1. The first-order valence-corrected chi connectivity index (χ1v) is 8.40. The van der Waals surface area contributed by atoms with Gasteiger partial charge in [0.25, 0.3) is 5.78 Å². The van der Waals surface area contributed by atoms with Crippen LogP contribution in [0.5, 0.6) is 5.75 Å². The smallest absolute Gasteiger partial charge is 0.375 e. The molecule has 126 valence electrons. The lowest BCUT2D eigenvalue weighted by Gasteiger charge is -2.22. The zero-order chi connectivity index (χ0) is 17.6. The Morgan fingerprint density at radius 1 is 1.30 bits per heavy atom. The molecule has 0 saturated heterocycles. The number of hydrogen-bond acceptors (Lipinski definition) is 5. The van der Waals surface area contributed by atoms with Crippen LogP contribution in [0.1, 0.15) is 43.1 Å². The lowest BCUT2D eigenvalue weighted by Crippen LogP contribution is -2.35. The molecule has 23 heavy (non-hydrogen) atoms. The van der Waals surface area contributed by atoms with E-state index in [-0.39, 0.29) is 12.4 Å². The van der Waals surface area contributed by atoms with Crippen molar-refractivity contribution in [3.8, 4) is 5.75 Å². The van der Waals surface area contributed by atoms with Gasteiger partial charge in [-0.15, -0.1) is 0 Å². The highest BCUT2D eigenvalue weighted by atomic mass is 79.9. The molecule has 0 fully saturated rings. The third-order valence-corrected chi connectivity index (χ3v) is 4.07. The maximum Gasteiger partial charge on any atom is 0.375 e. The van der Waals surface area contributed by atoms with Gasteiger partial charge in [-0.3, -0.25) is 9.59 Å². The average Bonchev–Trinajstić information content (AvgIpc) is 2.56. The molecule has 0 saturated carbocycles. The molecule has 2 rings (SSSR count). The summed E-state index contributed by atoms with van der Waals surface area (Å²) in [5.74, 6) is -2.35. The Balaban J connectivity index is 0.00000127. The molecule has 5 nitrogen and oxygen atoms in total. The van der Waals surface area contributed by atoms with Gasteiger partial charge >= 0.3 is 5.97 Å². The number of benzene rings is 1. The van der Waals surface area contributed by atoms with Crippen LogP contribution < -0.4 is 4.74 Å². The Kier molecular flexibility index (Phi) is 7.42. The van der Waals surface area contributed by atoms with Crippen LogP contribution in [0.15, 0.2) is 16.6 Å². The predicted octanol–water partition coefficient (Wildman–Crippen LogP) is 3.36. The van der Waals surface area contributed by atoms with Crippen molar-refractivity contribution in [1.29, 1.82) is 0 Å². The summed E-state index contributed by atoms with van der Waals surface area (Å²) in [4.78, 5) is 35.9. The number of rotatable bonds is 4. The van der Waals surface area contributed by atoms with E-state index in [0.29, 0.717) is 28.6 Å². The van der Waals surface area contributed by atoms with Crippen LogP contribution in [0.25, 0.3) is 0 Å². The van der Waals surface area contributed by atoms with Gasteiger partial charge in [-0.05, 0) is 53.4 Å². The molecule has 0 spiro atoms. The fourth-order valence-corrected chi connectivity index (χ4v) is 2.91. The van der Waals surface area contributed by atoms with Crippen LogP contribution in [0.2, 0.25) is 0 Å². The zero-order valence-corrected chi connectivity index (χ0v) is 15.4. The van der Waals surface area contributed by atoms with Crippen molar-refractivity contribution in [2.45, 2.75) is 33.6 Å². The van der Waals surface area contributed by atoms with Crippen molar-refractivity contribution >= 4 is 33.5 Å². The second-order valence-electron chi connectivity index (χ2n) is 4.68. The van der Waals surface area contributed by atoms with Gasteiger partial charge in [0.05, 0.1) is 24.1 Å². The first kappa shape index (κ1) is 19.4. The van der Waals surface area contributed by atoms with Crippen molar-refractivity contribution in [2.24, 2.45) is 5.92 Å². The third-order valence-electron chi connectivity index (χ3n) is 3.46. The summed E-state index contributed by atoms with van der Waals surface area (Å²) in [6, 6.07) is 3.42. The number of carbonyl (C=O) groups excluding carboxylic acids is 3. The minimum absolute atomic E-state index is 0.116. The molecule has 1 aliphatic rings. The lowest BCUT2D eigenvalue weighted by atomic mass is 9.80. The molecule has 0 heterocycles. The number of fused-ring (bicyclic) bond motifs is 1. The molecule has 0 radical (unpaired) electrons. The highest BCUT2D eigenvalue weighted by molar-refractivity contribution is 9.10. The normalized spacial score (nSPS) is 15.9. The summed E-state index contributed by atoms with van der Waals surface area (Å²) < 4.78 is 10.5. The summed E-state index contributed by atoms with van der Waals surface area (Å²) in [6.45, 7) is 5.73. The van der Waals surface area contributed by atoms with E-state index in [9.17, 15) is 14.4 Å². The minimum Gasteiger partial charge on any atom is -0.496 e. The summed E-state index contributed by atoms with van der Waals surface area (Å²) in [5.41, 5.74) is 1.28. The average molecular weight is 385 g/mol. The first-order valence-electron chi connectivity index (χ1n) is 7.61. The van der Waals surface area contributed by atoms with E-state index < -0.39 is 17.7 Å². The second kappa shape index (κ2) is 8.82. The standard InChI is InChI=1S/C15H15BrO5.C2H6/c1-3-21-15(19)14(18)9-5-4-8-6-12(20-2)11(16)7-10(8)13(9)17;1-2/h6-7,9H,3-5H2,1-2H3;1-2H3. The molecule has 6 heteroatoms. The van der Waals surface area contributed by atoms with Crippen LogP contribution in [-0.2, 0) is 20.7 Å². The van der Waals surface area contributed by atoms with E-state index in [1.165, 1.54) is 0 Å². The number of carbonyl (C=O) groups is 3. The highest BCUT2D eigenvalue weighted by Gasteiger charge is 2.37. The van der Waals surface area contributed by atoms with Gasteiger partial charge in [0.15, 0.2) is 5.78 Å². The van der Waals surface area contributed by atoms with Crippen molar-refractivity contribution in [3.63, 3.8) is 0 Å². The van der Waals surface area contributed by atoms with E-state index in [1.807, 2.05) is 13.8 Å². The number of Topliss-reactive ketones (excluding diaryl/α,β-unsaturated/α-hetero) is 2. The van der Waals surface area contributed by atoms with Gasteiger partial charge in [-0.1, -0.05) is 13.8 Å². The topological polar surface area (TPSA) is 69.7 Å². The molecule has 0 amide bonds. The van der Waals surface area contributed by atoms with Crippen molar-refractivity contribution in [3.05, 3.63) is 27.7 Å². The van der Waals surface area contributed by atoms with Crippen molar-refractivity contribution < 1.29 is 23.9 Å². The van der Waals surface area contributed by atoms with Crippen LogP contribution in [0, 0.1) is 5.92 Å². The maximum atomic E-state index is 12.4. The Bertz CT molecular complexity index is 609. The summed E-state index contributed by atoms with van der Waals surface area (Å²) in [6.07, 6.45) is 0.856. The lowest BCUT2D eigenvalue weighted by molar-refractivity contribution is -0.154. The second-order valence-corrected chi connectivity index (χ2v) is 5.54. The molecule has 1 atom stereocenters. The fraction of sp³-hybridized carbons (Fsp3) is 0.471. The Morgan fingerprint density at radius 3 is 2.52 bits per heavy atom. The van der Waals surface area contributed by atoms with E-state index in [4.69, 9.17) is 4.74 Å². The molecular weight excluding hydrogens is 364 g/mol. The number of ketones is 2. The van der Waals surface area contributed by atoms with E-state index >= 15 is 0 Å². The fourth-order valence-electron chi connectivity index (χ4n) is 2.40. The summed E-state index contributed by atoms with van der Waals surface area (Å²) >= 11 is 3.32. The summed E-state index contributed by atoms with van der Waals surface area (Å²) in [7, 11) is 1.55. The number of methoxy groups -OCH3 is 1. The largest absolute Gasteiger partial charge is 0.496 e. The van der Waals surface area contributed by atoms with Crippen LogP contribution in [0.3, 0.4) is 0 Å². The Labute approximate surface area is 144 Å². The maximum absolute atomic E-state index is 12.4. The highest BCUT2D eigenvalue weighted by Crippen LogP contribution is 2.34. The van der Waals surface area contributed by atoms with Gasteiger partial charge < -0.3 is 9.47 Å². The third kappa shape index (κ3) is 4.19. The van der Waals surface area contributed by atoms with E-state index in [2.05, 4.69) is 20.7 Å². The monoisotopic (exact) mass is 384 g/mol. The molecule has 1 aromatic rings. The summed E-state index contributed by atoms with van der Waals surface area (Å²) in [5, 5.41) is 0. The Hall–Kier alpha value is -1.69. The molecule has 1 aromatic carbocycles. The zero-order valence-electron chi connectivity index (χ0n) is 13.8. The molecule has 1 aliphatic carbocycles. The minimum atomic E-state index is -0.947. The molecule has 0 N–H and O–H groups in total. The quantitative estimate of drug-likeness (QED) is 0.452. The number of ether oxygens (including phenoxy) is 2. The number of hydrogen-bond donors (Lipinski definition) is 0. The molecule has 1 unspecified atom stereocenters. The van der Waals surface area contributed by atoms with Gasteiger partial charge in [-0.25, -0.2) is 4.79 Å². The Morgan fingerprint density at radius 2 is 1.96 bits per heavy atom. The molecule has 0 aromatic heterocycles.